The van der Waals surface area contributed by atoms with Gasteiger partial charge < -0.3 is 11.1 Å². The summed E-state index contributed by atoms with van der Waals surface area (Å²) in [5.41, 5.74) is 6.59. The lowest BCUT2D eigenvalue weighted by Gasteiger charge is -2.15. The van der Waals surface area contributed by atoms with Crippen molar-refractivity contribution in [2.24, 2.45) is 0 Å². The number of hydrogen-bond acceptors (Lipinski definition) is 5. The zero-order valence-corrected chi connectivity index (χ0v) is 9.56. The lowest BCUT2D eigenvalue weighted by molar-refractivity contribution is 0.896. The van der Waals surface area contributed by atoms with Gasteiger partial charge in [0.1, 0.15) is 18.0 Å². The number of rotatable bonds is 4. The van der Waals surface area contributed by atoms with E-state index in [-0.39, 0.29) is 0 Å². The molecule has 5 heteroatoms. The third-order valence-electron chi connectivity index (χ3n) is 1.92. The Hall–Kier alpha value is -0.970. The van der Waals surface area contributed by atoms with E-state index in [0.29, 0.717) is 11.9 Å². The molecule has 0 spiro atoms. The number of thioether (sulfide) groups is 1. The largest absolute Gasteiger partial charge is 0.383 e. The van der Waals surface area contributed by atoms with Crippen LogP contribution in [0.25, 0.3) is 0 Å². The molecule has 1 aromatic rings. The number of nitrogens with one attached hydrogen (secondary N) is 1. The average Bonchev–Trinajstić information content (AvgIpc) is 2.13. The molecule has 1 unspecified atom stereocenters. The quantitative estimate of drug-likeness (QED) is 0.792. The first-order valence-electron chi connectivity index (χ1n) is 4.47. The van der Waals surface area contributed by atoms with E-state index in [4.69, 9.17) is 5.73 Å². The summed E-state index contributed by atoms with van der Waals surface area (Å²) in [5.74, 6) is 2.42. The highest BCUT2D eigenvalue weighted by molar-refractivity contribution is 7.98. The van der Waals surface area contributed by atoms with Crippen molar-refractivity contribution < 1.29 is 0 Å². The first-order valence-corrected chi connectivity index (χ1v) is 5.87. The molecule has 1 heterocycles. The molecule has 0 amide bonds. The van der Waals surface area contributed by atoms with Crippen LogP contribution in [-0.2, 0) is 0 Å². The Balaban J connectivity index is 2.71. The van der Waals surface area contributed by atoms with E-state index in [1.807, 2.05) is 6.92 Å². The molecule has 0 aliphatic rings. The number of anilines is 2. The van der Waals surface area contributed by atoms with E-state index in [2.05, 4.69) is 28.5 Å². The smallest absolute Gasteiger partial charge is 0.134 e. The van der Waals surface area contributed by atoms with Gasteiger partial charge in [-0.25, -0.2) is 9.97 Å². The van der Waals surface area contributed by atoms with Crippen molar-refractivity contribution in [1.82, 2.24) is 9.97 Å². The van der Waals surface area contributed by atoms with Gasteiger partial charge in [-0.15, -0.1) is 0 Å². The maximum absolute atomic E-state index is 5.67. The second-order valence-electron chi connectivity index (χ2n) is 3.23. The van der Waals surface area contributed by atoms with Gasteiger partial charge >= 0.3 is 0 Å². The van der Waals surface area contributed by atoms with Crippen molar-refractivity contribution in [3.63, 3.8) is 0 Å². The normalized spacial score (nSPS) is 12.5. The van der Waals surface area contributed by atoms with Crippen molar-refractivity contribution in [3.8, 4) is 0 Å². The molecule has 1 atom stereocenters. The van der Waals surface area contributed by atoms with E-state index >= 15 is 0 Å². The highest BCUT2D eigenvalue weighted by atomic mass is 32.2. The van der Waals surface area contributed by atoms with Gasteiger partial charge in [0.2, 0.25) is 0 Å². The predicted octanol–water partition coefficient (Wildman–Crippen LogP) is 1.53. The van der Waals surface area contributed by atoms with Crippen LogP contribution in [0.2, 0.25) is 0 Å². The molecule has 78 valence electrons. The SMILES string of the molecule is CSCC(C)Nc1ncnc(N)c1C. The van der Waals surface area contributed by atoms with Gasteiger partial charge in [0.25, 0.3) is 0 Å². The Morgan fingerprint density at radius 3 is 2.93 bits per heavy atom. The maximum atomic E-state index is 5.67. The molecular weight excluding hydrogens is 196 g/mol. The van der Waals surface area contributed by atoms with Gasteiger partial charge in [0, 0.05) is 17.4 Å². The van der Waals surface area contributed by atoms with E-state index in [1.54, 1.807) is 11.8 Å². The summed E-state index contributed by atoms with van der Waals surface area (Å²) in [5, 5.41) is 3.30. The first-order chi connectivity index (χ1) is 6.65. The summed E-state index contributed by atoms with van der Waals surface area (Å²) in [6.45, 7) is 4.04. The molecule has 14 heavy (non-hydrogen) atoms. The predicted molar refractivity (Wildman–Crippen MR) is 62.6 cm³/mol. The molecule has 3 N–H and O–H groups in total. The minimum Gasteiger partial charge on any atom is -0.383 e. The van der Waals surface area contributed by atoms with Crippen LogP contribution < -0.4 is 11.1 Å². The third-order valence-corrected chi connectivity index (χ3v) is 2.76. The number of hydrogen-bond donors (Lipinski definition) is 2. The summed E-state index contributed by atoms with van der Waals surface area (Å²) in [7, 11) is 0. The fourth-order valence-electron chi connectivity index (χ4n) is 1.13. The van der Waals surface area contributed by atoms with Gasteiger partial charge in [0.05, 0.1) is 0 Å². The minimum atomic E-state index is 0.387. The highest BCUT2D eigenvalue weighted by Crippen LogP contribution is 2.16. The Kier molecular flexibility index (Phi) is 4.00. The van der Waals surface area contributed by atoms with Crippen molar-refractivity contribution >= 4 is 23.4 Å². The van der Waals surface area contributed by atoms with Gasteiger partial charge in [-0.2, -0.15) is 11.8 Å². The van der Waals surface area contributed by atoms with Crippen LogP contribution in [0.15, 0.2) is 6.33 Å². The fourth-order valence-corrected chi connectivity index (χ4v) is 1.72. The molecule has 0 aliphatic heterocycles. The molecular formula is C9H16N4S. The molecule has 0 fully saturated rings. The third kappa shape index (κ3) is 2.77. The summed E-state index contributed by atoms with van der Waals surface area (Å²) in [4.78, 5) is 8.06. The average molecular weight is 212 g/mol. The summed E-state index contributed by atoms with van der Waals surface area (Å²) in [6.07, 6.45) is 3.57. The van der Waals surface area contributed by atoms with Crippen LogP contribution in [0.4, 0.5) is 11.6 Å². The molecule has 1 rings (SSSR count). The Morgan fingerprint density at radius 2 is 2.29 bits per heavy atom. The van der Waals surface area contributed by atoms with Crippen molar-refractivity contribution in [1.29, 1.82) is 0 Å². The summed E-state index contributed by atoms with van der Waals surface area (Å²) < 4.78 is 0. The zero-order chi connectivity index (χ0) is 10.6. The first kappa shape index (κ1) is 11.1. The lowest BCUT2D eigenvalue weighted by atomic mass is 10.3. The molecule has 4 nitrogen and oxygen atoms in total. The van der Waals surface area contributed by atoms with Gasteiger partial charge in [-0.05, 0) is 20.1 Å². The van der Waals surface area contributed by atoms with Crippen LogP contribution in [0.1, 0.15) is 12.5 Å². The maximum Gasteiger partial charge on any atom is 0.134 e. The van der Waals surface area contributed by atoms with Crippen LogP contribution >= 0.6 is 11.8 Å². The van der Waals surface area contributed by atoms with E-state index in [1.165, 1.54) is 6.33 Å². The molecule has 0 saturated heterocycles. The minimum absolute atomic E-state index is 0.387. The van der Waals surface area contributed by atoms with Gasteiger partial charge in [-0.3, -0.25) is 0 Å². The van der Waals surface area contributed by atoms with Gasteiger partial charge in [-0.1, -0.05) is 0 Å². The number of nitrogens with zero attached hydrogens (tertiary/aromatic N) is 2. The second-order valence-corrected chi connectivity index (χ2v) is 4.14. The Morgan fingerprint density at radius 1 is 1.57 bits per heavy atom. The second kappa shape index (κ2) is 5.05. The van der Waals surface area contributed by atoms with Crippen LogP contribution in [0, 0.1) is 6.92 Å². The van der Waals surface area contributed by atoms with Crippen molar-refractivity contribution in [3.05, 3.63) is 11.9 Å². The standard InChI is InChI=1S/C9H16N4S/c1-6(4-14-3)13-9-7(2)8(10)11-5-12-9/h5-6H,4H2,1-3H3,(H3,10,11,12,13). The number of nitrogen functional groups attached to an aromatic ring is 1. The fraction of sp³-hybridized carbons (Fsp3) is 0.556. The number of aromatic nitrogens is 2. The van der Waals surface area contributed by atoms with E-state index < -0.39 is 0 Å². The molecule has 0 saturated carbocycles. The van der Waals surface area contributed by atoms with Crippen molar-refractivity contribution in [2.75, 3.05) is 23.1 Å². The highest BCUT2D eigenvalue weighted by Gasteiger charge is 2.06. The van der Waals surface area contributed by atoms with E-state index in [0.717, 1.165) is 17.1 Å². The topological polar surface area (TPSA) is 63.8 Å². The zero-order valence-electron chi connectivity index (χ0n) is 8.74. The molecule has 0 bridgehead atoms. The molecule has 0 radical (unpaired) electrons. The summed E-state index contributed by atoms with van der Waals surface area (Å²) in [6, 6.07) is 0.387. The van der Waals surface area contributed by atoms with Crippen LogP contribution in [0.5, 0.6) is 0 Å². The molecule has 1 aromatic heterocycles. The van der Waals surface area contributed by atoms with Crippen LogP contribution in [0.3, 0.4) is 0 Å². The monoisotopic (exact) mass is 212 g/mol. The summed E-state index contributed by atoms with van der Waals surface area (Å²) >= 11 is 1.80. The number of nitrogens with two attached hydrogens (primary N) is 1. The molecule has 0 aliphatic carbocycles. The van der Waals surface area contributed by atoms with Crippen molar-refractivity contribution in [2.45, 2.75) is 19.9 Å². The Labute approximate surface area is 88.7 Å². The van der Waals surface area contributed by atoms with E-state index in [9.17, 15) is 0 Å². The van der Waals surface area contributed by atoms with Crippen LogP contribution in [-0.4, -0.2) is 28.0 Å². The van der Waals surface area contributed by atoms with Gasteiger partial charge in [0.15, 0.2) is 0 Å². The lowest BCUT2D eigenvalue weighted by Crippen LogP contribution is -2.19. The molecule has 0 aromatic carbocycles. The Bertz CT molecular complexity index is 303.